The van der Waals surface area contributed by atoms with Gasteiger partial charge in [-0.2, -0.15) is 0 Å². The number of aliphatic carboxylic acids is 2. The van der Waals surface area contributed by atoms with Crippen molar-refractivity contribution in [3.05, 3.63) is 36.5 Å². The Kier molecular flexibility index (Phi) is 5.39. The van der Waals surface area contributed by atoms with Crippen LogP contribution in [-0.4, -0.2) is 34.2 Å². The van der Waals surface area contributed by atoms with Gasteiger partial charge in [-0.25, -0.2) is 14.4 Å². The minimum absolute atomic E-state index is 0.0666. The SMILES string of the molecule is C=CC(OC(=O)C(=C)C)/C(=C/C(=O)O)C(=O)O. The highest BCUT2D eigenvalue weighted by Crippen LogP contribution is 2.11. The fraction of sp³-hybridized carbons (Fsp3) is 0.182. The summed E-state index contributed by atoms with van der Waals surface area (Å²) in [5.41, 5.74) is -0.529. The van der Waals surface area contributed by atoms with Crippen LogP contribution in [-0.2, 0) is 19.1 Å². The molecule has 0 aliphatic rings. The molecule has 0 radical (unpaired) electrons. The van der Waals surface area contributed by atoms with E-state index >= 15 is 0 Å². The zero-order chi connectivity index (χ0) is 13.6. The maximum Gasteiger partial charge on any atom is 0.335 e. The zero-order valence-electron chi connectivity index (χ0n) is 9.17. The van der Waals surface area contributed by atoms with Crippen molar-refractivity contribution in [2.45, 2.75) is 13.0 Å². The molecule has 0 bridgehead atoms. The number of hydrogen-bond acceptors (Lipinski definition) is 4. The van der Waals surface area contributed by atoms with Gasteiger partial charge in [0.1, 0.15) is 0 Å². The summed E-state index contributed by atoms with van der Waals surface area (Å²) in [7, 11) is 0. The van der Waals surface area contributed by atoms with Crippen LogP contribution >= 0.6 is 0 Å². The second-order valence-corrected chi connectivity index (χ2v) is 3.09. The van der Waals surface area contributed by atoms with Gasteiger partial charge in [0, 0.05) is 11.6 Å². The molecule has 0 aromatic carbocycles. The van der Waals surface area contributed by atoms with Gasteiger partial charge in [-0.05, 0) is 13.0 Å². The Morgan fingerprint density at radius 2 is 1.82 bits per heavy atom. The Morgan fingerprint density at radius 3 is 2.12 bits per heavy atom. The lowest BCUT2D eigenvalue weighted by atomic mass is 10.1. The lowest BCUT2D eigenvalue weighted by Crippen LogP contribution is -2.24. The lowest BCUT2D eigenvalue weighted by Gasteiger charge is -2.14. The Bertz CT molecular complexity index is 404. The third-order valence-corrected chi connectivity index (χ3v) is 1.63. The van der Waals surface area contributed by atoms with Crippen LogP contribution < -0.4 is 0 Å². The highest BCUT2D eigenvalue weighted by molar-refractivity contribution is 5.96. The Morgan fingerprint density at radius 1 is 1.29 bits per heavy atom. The van der Waals surface area contributed by atoms with Crippen LogP contribution in [0.15, 0.2) is 36.5 Å². The number of carboxylic acid groups (broad SMARTS) is 2. The largest absolute Gasteiger partial charge is 0.478 e. The maximum absolute atomic E-state index is 11.2. The van der Waals surface area contributed by atoms with Crippen LogP contribution in [0.5, 0.6) is 0 Å². The highest BCUT2D eigenvalue weighted by atomic mass is 16.5. The molecular weight excluding hydrogens is 228 g/mol. The van der Waals surface area contributed by atoms with E-state index in [1.54, 1.807) is 0 Å². The first-order valence-electron chi connectivity index (χ1n) is 4.46. The van der Waals surface area contributed by atoms with E-state index in [-0.39, 0.29) is 5.57 Å². The average molecular weight is 240 g/mol. The number of carboxylic acids is 2. The van der Waals surface area contributed by atoms with Crippen molar-refractivity contribution in [3.63, 3.8) is 0 Å². The minimum Gasteiger partial charge on any atom is -0.478 e. The van der Waals surface area contributed by atoms with Gasteiger partial charge in [-0.1, -0.05) is 13.2 Å². The van der Waals surface area contributed by atoms with E-state index in [2.05, 4.69) is 13.2 Å². The number of ether oxygens (including phenoxy) is 1. The topological polar surface area (TPSA) is 101 Å². The number of esters is 1. The highest BCUT2D eigenvalue weighted by Gasteiger charge is 2.23. The quantitative estimate of drug-likeness (QED) is 0.403. The molecule has 0 saturated heterocycles. The Labute approximate surface area is 97.5 Å². The first-order chi connectivity index (χ1) is 7.79. The summed E-state index contributed by atoms with van der Waals surface area (Å²) < 4.78 is 4.72. The summed E-state index contributed by atoms with van der Waals surface area (Å²) in [5, 5.41) is 17.3. The van der Waals surface area contributed by atoms with Gasteiger partial charge in [0.25, 0.3) is 0 Å². The molecule has 17 heavy (non-hydrogen) atoms. The summed E-state index contributed by atoms with van der Waals surface area (Å²) in [6, 6.07) is 0. The van der Waals surface area contributed by atoms with Gasteiger partial charge >= 0.3 is 17.9 Å². The predicted octanol–water partition coefficient (Wildman–Crippen LogP) is 0.756. The predicted molar refractivity (Wildman–Crippen MR) is 58.2 cm³/mol. The molecule has 1 atom stereocenters. The number of carbonyl (C=O) groups excluding carboxylic acids is 1. The maximum atomic E-state index is 11.2. The first kappa shape index (κ1) is 14.6. The van der Waals surface area contributed by atoms with Crippen LogP contribution in [0.4, 0.5) is 0 Å². The average Bonchev–Trinajstić information content (AvgIpc) is 2.21. The molecule has 6 heteroatoms. The van der Waals surface area contributed by atoms with Gasteiger partial charge in [-0.3, -0.25) is 0 Å². The van der Waals surface area contributed by atoms with Crippen molar-refractivity contribution in [1.82, 2.24) is 0 Å². The number of rotatable bonds is 6. The monoisotopic (exact) mass is 240 g/mol. The van der Waals surface area contributed by atoms with Crippen molar-refractivity contribution >= 4 is 17.9 Å². The van der Waals surface area contributed by atoms with Crippen LogP contribution in [0.2, 0.25) is 0 Å². The third kappa shape index (κ3) is 4.78. The Hall–Kier alpha value is -2.37. The van der Waals surface area contributed by atoms with Crippen LogP contribution in [0, 0.1) is 0 Å². The van der Waals surface area contributed by atoms with Gasteiger partial charge in [0.15, 0.2) is 6.10 Å². The van der Waals surface area contributed by atoms with Crippen molar-refractivity contribution in [1.29, 1.82) is 0 Å². The Balaban J connectivity index is 5.13. The second kappa shape index (κ2) is 6.26. The van der Waals surface area contributed by atoms with Crippen molar-refractivity contribution in [2.24, 2.45) is 0 Å². The van der Waals surface area contributed by atoms with Crippen LogP contribution in [0.1, 0.15) is 6.92 Å². The molecule has 0 fully saturated rings. The number of carbonyl (C=O) groups is 3. The van der Waals surface area contributed by atoms with E-state index in [1.807, 2.05) is 0 Å². The summed E-state index contributed by atoms with van der Waals surface area (Å²) in [4.78, 5) is 32.4. The van der Waals surface area contributed by atoms with Crippen LogP contribution in [0.3, 0.4) is 0 Å². The van der Waals surface area contributed by atoms with Gasteiger partial charge in [0.2, 0.25) is 0 Å². The third-order valence-electron chi connectivity index (χ3n) is 1.63. The fourth-order valence-electron chi connectivity index (χ4n) is 0.853. The van der Waals surface area contributed by atoms with E-state index in [4.69, 9.17) is 14.9 Å². The molecule has 0 aliphatic heterocycles. The van der Waals surface area contributed by atoms with E-state index < -0.39 is 29.6 Å². The van der Waals surface area contributed by atoms with E-state index in [0.29, 0.717) is 6.08 Å². The van der Waals surface area contributed by atoms with Crippen molar-refractivity contribution in [3.8, 4) is 0 Å². The van der Waals surface area contributed by atoms with Crippen molar-refractivity contribution in [2.75, 3.05) is 0 Å². The lowest BCUT2D eigenvalue weighted by molar-refractivity contribution is -0.143. The zero-order valence-corrected chi connectivity index (χ0v) is 9.17. The molecule has 0 aromatic heterocycles. The number of hydrogen-bond donors (Lipinski definition) is 2. The van der Waals surface area contributed by atoms with E-state index in [1.165, 1.54) is 6.92 Å². The smallest absolute Gasteiger partial charge is 0.335 e. The fourth-order valence-corrected chi connectivity index (χ4v) is 0.853. The standard InChI is InChI=1S/C11H12O6/c1-4-8(17-11(16)6(2)3)7(10(14)15)5-9(12)13/h4-5,8H,1-2H2,3H3,(H,12,13)(H,14,15)/b7-5-. The molecule has 6 nitrogen and oxygen atoms in total. The molecule has 1 unspecified atom stereocenters. The van der Waals surface area contributed by atoms with E-state index in [9.17, 15) is 14.4 Å². The van der Waals surface area contributed by atoms with Gasteiger partial charge < -0.3 is 14.9 Å². The first-order valence-corrected chi connectivity index (χ1v) is 4.46. The summed E-state index contributed by atoms with van der Waals surface area (Å²) >= 11 is 0. The molecule has 0 aromatic rings. The normalized spacial score (nSPS) is 12.4. The van der Waals surface area contributed by atoms with Gasteiger partial charge in [0.05, 0.1) is 5.57 Å². The molecule has 0 spiro atoms. The minimum atomic E-state index is -1.51. The summed E-state index contributed by atoms with van der Waals surface area (Å²) in [5.74, 6) is -3.79. The molecular formula is C11H12O6. The second-order valence-electron chi connectivity index (χ2n) is 3.09. The van der Waals surface area contributed by atoms with Crippen LogP contribution in [0.25, 0.3) is 0 Å². The molecule has 2 N–H and O–H groups in total. The van der Waals surface area contributed by atoms with E-state index in [0.717, 1.165) is 6.08 Å². The molecule has 0 heterocycles. The van der Waals surface area contributed by atoms with Gasteiger partial charge in [-0.15, -0.1) is 0 Å². The summed E-state index contributed by atoms with van der Waals surface area (Å²) in [6.45, 7) is 7.97. The van der Waals surface area contributed by atoms with Crippen molar-refractivity contribution < 1.29 is 29.3 Å². The molecule has 0 amide bonds. The molecule has 0 saturated carbocycles. The molecule has 0 rings (SSSR count). The molecule has 92 valence electrons. The molecule has 0 aliphatic carbocycles. The summed E-state index contributed by atoms with van der Waals surface area (Å²) in [6.07, 6.45) is 0.122.